The second kappa shape index (κ2) is 10.8. The van der Waals surface area contributed by atoms with Gasteiger partial charge in [-0.05, 0) is 42.8 Å². The number of hydrogen-bond donors (Lipinski definition) is 0. The Morgan fingerprint density at radius 2 is 1.71 bits per heavy atom. The van der Waals surface area contributed by atoms with Crippen LogP contribution in [0.4, 0.5) is 5.13 Å². The van der Waals surface area contributed by atoms with Crippen molar-refractivity contribution in [1.82, 2.24) is 9.88 Å². The lowest BCUT2D eigenvalue weighted by Crippen LogP contribution is -2.39. The van der Waals surface area contributed by atoms with Crippen LogP contribution in [0, 0.1) is 0 Å². The van der Waals surface area contributed by atoms with Crippen molar-refractivity contribution in [1.29, 1.82) is 0 Å². The van der Waals surface area contributed by atoms with E-state index in [4.69, 9.17) is 14.5 Å². The van der Waals surface area contributed by atoms with E-state index in [1.165, 1.54) is 0 Å². The molecule has 1 aliphatic heterocycles. The Morgan fingerprint density at radius 3 is 2.53 bits per heavy atom. The van der Waals surface area contributed by atoms with Gasteiger partial charge < -0.3 is 9.47 Å². The van der Waals surface area contributed by atoms with Crippen molar-refractivity contribution in [3.05, 3.63) is 84.4 Å². The van der Waals surface area contributed by atoms with E-state index >= 15 is 0 Å². The van der Waals surface area contributed by atoms with Gasteiger partial charge in [-0.2, -0.15) is 0 Å². The predicted octanol–water partition coefficient (Wildman–Crippen LogP) is 5.46. The molecule has 174 valence electrons. The molecule has 0 bridgehead atoms. The number of fused-ring (bicyclic) bond motifs is 1. The molecule has 0 aliphatic carbocycles. The van der Waals surface area contributed by atoms with Gasteiger partial charge in [0.2, 0.25) is 0 Å². The number of benzene rings is 3. The van der Waals surface area contributed by atoms with E-state index in [2.05, 4.69) is 4.90 Å². The number of amides is 1. The zero-order valence-electron chi connectivity index (χ0n) is 18.9. The Kier molecular flexibility index (Phi) is 7.14. The third-order valence-electron chi connectivity index (χ3n) is 5.81. The van der Waals surface area contributed by atoms with Crippen molar-refractivity contribution < 1.29 is 14.3 Å². The summed E-state index contributed by atoms with van der Waals surface area (Å²) in [6, 6.07) is 24.9. The molecule has 6 nitrogen and oxygen atoms in total. The molecule has 1 fully saturated rings. The lowest BCUT2D eigenvalue weighted by atomic mass is 10.1. The summed E-state index contributed by atoms with van der Waals surface area (Å²) in [5.41, 5.74) is 1.43. The molecule has 2 heterocycles. The Hall–Kier alpha value is -3.26. The molecular formula is C27H27N3O3S. The number of thiazole rings is 1. The van der Waals surface area contributed by atoms with Crippen molar-refractivity contribution >= 4 is 32.6 Å². The summed E-state index contributed by atoms with van der Waals surface area (Å²) in [6.45, 7) is 4.90. The Balaban J connectivity index is 1.41. The maximum Gasteiger partial charge on any atom is 0.263 e. The van der Waals surface area contributed by atoms with Gasteiger partial charge >= 0.3 is 0 Å². The molecule has 0 atom stereocenters. The monoisotopic (exact) mass is 473 g/mol. The van der Waals surface area contributed by atoms with E-state index in [0.29, 0.717) is 28.7 Å². The highest BCUT2D eigenvalue weighted by Gasteiger charge is 2.24. The van der Waals surface area contributed by atoms with E-state index in [9.17, 15) is 4.79 Å². The van der Waals surface area contributed by atoms with Gasteiger partial charge in [0.15, 0.2) is 5.13 Å². The quantitative estimate of drug-likeness (QED) is 0.340. The topological polar surface area (TPSA) is 54.9 Å². The van der Waals surface area contributed by atoms with Crippen LogP contribution in [-0.2, 0) is 4.74 Å². The van der Waals surface area contributed by atoms with E-state index in [1.54, 1.807) is 16.2 Å². The van der Waals surface area contributed by atoms with E-state index < -0.39 is 0 Å². The van der Waals surface area contributed by atoms with Crippen molar-refractivity contribution in [3.63, 3.8) is 0 Å². The fourth-order valence-electron chi connectivity index (χ4n) is 4.03. The Bertz CT molecular complexity index is 1210. The smallest absolute Gasteiger partial charge is 0.263 e. The Morgan fingerprint density at radius 1 is 0.971 bits per heavy atom. The summed E-state index contributed by atoms with van der Waals surface area (Å²) in [5.74, 6) is 1.13. The fourth-order valence-corrected chi connectivity index (χ4v) is 5.02. The summed E-state index contributed by atoms with van der Waals surface area (Å²) in [7, 11) is 0. The molecule has 3 aromatic carbocycles. The van der Waals surface area contributed by atoms with Crippen molar-refractivity contribution in [2.24, 2.45) is 0 Å². The van der Waals surface area contributed by atoms with Crippen molar-refractivity contribution in [2.75, 3.05) is 44.3 Å². The van der Waals surface area contributed by atoms with Gasteiger partial charge in [-0.1, -0.05) is 53.8 Å². The van der Waals surface area contributed by atoms with Gasteiger partial charge in [-0.25, -0.2) is 4.98 Å². The molecule has 34 heavy (non-hydrogen) atoms. The van der Waals surface area contributed by atoms with Crippen LogP contribution in [0.3, 0.4) is 0 Å². The van der Waals surface area contributed by atoms with E-state index in [-0.39, 0.29) is 5.91 Å². The molecule has 0 saturated carbocycles. The molecule has 1 amide bonds. The molecule has 1 aliphatic rings. The minimum atomic E-state index is -0.104. The van der Waals surface area contributed by atoms with Gasteiger partial charge in [-0.3, -0.25) is 14.6 Å². The summed E-state index contributed by atoms with van der Waals surface area (Å²) in [4.78, 5) is 22.9. The first-order valence-corrected chi connectivity index (χ1v) is 12.4. The molecule has 7 heteroatoms. The minimum Gasteiger partial charge on any atom is -0.457 e. The van der Waals surface area contributed by atoms with Gasteiger partial charge in [-0.15, -0.1) is 0 Å². The van der Waals surface area contributed by atoms with E-state index in [1.807, 2.05) is 78.9 Å². The second-order valence-corrected chi connectivity index (χ2v) is 9.15. The van der Waals surface area contributed by atoms with Crippen LogP contribution < -0.4 is 9.64 Å². The lowest BCUT2D eigenvalue weighted by Gasteiger charge is -2.28. The van der Waals surface area contributed by atoms with Crippen LogP contribution >= 0.6 is 11.3 Å². The summed E-state index contributed by atoms with van der Waals surface area (Å²) >= 11 is 1.54. The third-order valence-corrected chi connectivity index (χ3v) is 6.87. The van der Waals surface area contributed by atoms with Crippen LogP contribution in [0.1, 0.15) is 16.8 Å². The molecule has 5 rings (SSSR count). The summed E-state index contributed by atoms with van der Waals surface area (Å²) < 4.78 is 12.6. The number of rotatable bonds is 8. The van der Waals surface area contributed by atoms with E-state index in [0.717, 1.165) is 49.5 Å². The number of carbonyl (C=O) groups excluding carboxylic acids is 1. The number of ether oxygens (including phenoxy) is 2. The Labute approximate surface area is 203 Å². The lowest BCUT2D eigenvalue weighted by molar-refractivity contribution is 0.0376. The third kappa shape index (κ3) is 5.28. The average Bonchev–Trinajstić information content (AvgIpc) is 3.32. The number of nitrogens with zero attached hydrogens (tertiary/aromatic N) is 3. The number of anilines is 1. The normalized spacial score (nSPS) is 14.2. The standard InChI is InChI=1S/C27H27N3O3S/c31-26(22-11-4-6-13-24(22)33-21-9-2-1-3-10-21)30(16-8-15-29-17-19-32-20-18-29)27-28-23-12-5-7-14-25(23)34-27/h1-7,9-14H,8,15-20H2. The first-order valence-electron chi connectivity index (χ1n) is 11.6. The highest BCUT2D eigenvalue weighted by Crippen LogP contribution is 2.32. The zero-order valence-corrected chi connectivity index (χ0v) is 19.7. The SMILES string of the molecule is O=C(c1ccccc1Oc1ccccc1)N(CCCN1CCOCC1)c1nc2ccccc2s1. The number of carbonyl (C=O) groups is 1. The molecular weight excluding hydrogens is 446 g/mol. The summed E-state index contributed by atoms with van der Waals surface area (Å²) in [6.07, 6.45) is 0.851. The number of hydrogen-bond acceptors (Lipinski definition) is 6. The first-order chi connectivity index (χ1) is 16.8. The van der Waals surface area contributed by atoms with Crippen molar-refractivity contribution in [3.8, 4) is 11.5 Å². The van der Waals surface area contributed by atoms with Crippen LogP contribution in [0.2, 0.25) is 0 Å². The van der Waals surface area contributed by atoms with Crippen LogP contribution in [0.15, 0.2) is 78.9 Å². The minimum absolute atomic E-state index is 0.104. The van der Waals surface area contributed by atoms with Crippen LogP contribution in [0.5, 0.6) is 11.5 Å². The maximum absolute atomic E-state index is 13.9. The number of morpholine rings is 1. The molecule has 0 spiro atoms. The van der Waals surface area contributed by atoms with Gasteiger partial charge in [0.05, 0.1) is 29.0 Å². The fraction of sp³-hybridized carbons (Fsp3) is 0.259. The highest BCUT2D eigenvalue weighted by atomic mass is 32.1. The van der Waals surface area contributed by atoms with Gasteiger partial charge in [0, 0.05) is 26.2 Å². The molecule has 0 unspecified atom stereocenters. The molecule has 0 radical (unpaired) electrons. The van der Waals surface area contributed by atoms with Gasteiger partial charge in [0.1, 0.15) is 11.5 Å². The highest BCUT2D eigenvalue weighted by molar-refractivity contribution is 7.22. The maximum atomic E-state index is 13.9. The summed E-state index contributed by atoms with van der Waals surface area (Å²) in [5, 5.41) is 0.711. The molecule has 0 N–H and O–H groups in total. The number of para-hydroxylation sites is 3. The molecule has 4 aromatic rings. The molecule has 1 aromatic heterocycles. The average molecular weight is 474 g/mol. The zero-order chi connectivity index (χ0) is 23.2. The van der Waals surface area contributed by atoms with Crippen LogP contribution in [-0.4, -0.2) is 55.2 Å². The van der Waals surface area contributed by atoms with Crippen molar-refractivity contribution in [2.45, 2.75) is 6.42 Å². The largest absolute Gasteiger partial charge is 0.457 e. The van der Waals surface area contributed by atoms with Crippen LogP contribution in [0.25, 0.3) is 10.2 Å². The second-order valence-electron chi connectivity index (χ2n) is 8.14. The van der Waals surface area contributed by atoms with Gasteiger partial charge in [0.25, 0.3) is 5.91 Å². The molecule has 1 saturated heterocycles. The predicted molar refractivity (Wildman–Crippen MR) is 136 cm³/mol. The first kappa shape index (κ1) is 22.5. The number of aromatic nitrogens is 1.